The second kappa shape index (κ2) is 8.85. The molecule has 30 heavy (non-hydrogen) atoms. The van der Waals surface area contributed by atoms with Crippen LogP contribution in [-0.2, 0) is 23.1 Å². The van der Waals surface area contributed by atoms with Crippen molar-refractivity contribution in [1.29, 1.82) is 5.26 Å². The normalized spacial score (nSPS) is 11.6. The smallest absolute Gasteiger partial charge is 0.271 e. The van der Waals surface area contributed by atoms with Crippen LogP contribution in [0.5, 0.6) is 5.75 Å². The van der Waals surface area contributed by atoms with Gasteiger partial charge in [0.15, 0.2) is 0 Å². The molecule has 0 radical (unpaired) electrons. The molecule has 0 bridgehead atoms. The Hall–Kier alpha value is -2.91. The van der Waals surface area contributed by atoms with Crippen LogP contribution in [-0.4, -0.2) is 27.3 Å². The van der Waals surface area contributed by atoms with E-state index in [0.29, 0.717) is 21.7 Å². The van der Waals surface area contributed by atoms with Gasteiger partial charge in [-0.3, -0.25) is 14.6 Å². The van der Waals surface area contributed by atoms with Crippen molar-refractivity contribution >= 4 is 23.3 Å². The van der Waals surface area contributed by atoms with Gasteiger partial charge in [-0.2, -0.15) is 5.26 Å². The third kappa shape index (κ3) is 6.04. The number of Topliss-reactive ketones (excluding diaryl/α,β-unsaturated/α-hetero) is 1. The molecule has 0 saturated heterocycles. The van der Waals surface area contributed by atoms with Crippen molar-refractivity contribution < 1.29 is 14.7 Å². The molecule has 1 aromatic carbocycles. The van der Waals surface area contributed by atoms with E-state index in [4.69, 9.17) is 16.9 Å². The van der Waals surface area contributed by atoms with Crippen molar-refractivity contribution in [3.05, 3.63) is 57.9 Å². The van der Waals surface area contributed by atoms with E-state index in [1.165, 1.54) is 18.3 Å². The molecule has 0 saturated carbocycles. The number of nitrogens with one attached hydrogen (secondary N) is 1. The minimum Gasteiger partial charge on any atom is -0.508 e. The molecule has 0 atom stereocenters. The zero-order chi connectivity index (χ0) is 22.7. The molecule has 1 amide bonds. The van der Waals surface area contributed by atoms with Gasteiger partial charge in [0.2, 0.25) is 0 Å². The van der Waals surface area contributed by atoms with E-state index >= 15 is 0 Å². The number of phenols is 1. The molecule has 2 N–H and O–H groups in total. The maximum Gasteiger partial charge on any atom is 0.271 e. The van der Waals surface area contributed by atoms with Crippen LogP contribution in [0.15, 0.2) is 30.5 Å². The van der Waals surface area contributed by atoms with Gasteiger partial charge in [0, 0.05) is 29.6 Å². The third-order valence-electron chi connectivity index (χ3n) is 4.52. The lowest BCUT2D eigenvalue weighted by Crippen LogP contribution is -2.42. The molecule has 0 aliphatic carbocycles. The number of carbonyl (C=O) groups excluding carboxylic acids is 2. The molecule has 158 valence electrons. The van der Waals surface area contributed by atoms with Crippen molar-refractivity contribution in [1.82, 2.24) is 10.3 Å². The zero-order valence-electron chi connectivity index (χ0n) is 17.8. The zero-order valence-corrected chi connectivity index (χ0v) is 18.6. The quantitative estimate of drug-likeness (QED) is 0.721. The molecule has 1 heterocycles. The van der Waals surface area contributed by atoms with E-state index in [9.17, 15) is 14.7 Å². The van der Waals surface area contributed by atoms with Crippen molar-refractivity contribution in [3.63, 3.8) is 0 Å². The van der Waals surface area contributed by atoms with E-state index in [1.54, 1.807) is 26.0 Å². The summed E-state index contributed by atoms with van der Waals surface area (Å²) in [7, 11) is 0. The summed E-state index contributed by atoms with van der Waals surface area (Å²) in [5, 5.41) is 22.4. The molecular formula is C23H26ClN3O3. The number of aromatic hydroxyl groups is 1. The summed E-state index contributed by atoms with van der Waals surface area (Å²) in [6.07, 6.45) is 1.60. The average Bonchev–Trinajstić information content (AvgIpc) is 2.63. The largest absolute Gasteiger partial charge is 0.508 e. The first-order chi connectivity index (χ1) is 13.8. The number of halogens is 1. The Balaban J connectivity index is 2.14. The SMILES string of the molecule is CC(C)(C#N)NC(=O)c1cc(CC(=O)Cc2cc(O)c(C(C)(C)C)cc2Cl)ccn1. The molecule has 0 unspecified atom stereocenters. The highest BCUT2D eigenvalue weighted by molar-refractivity contribution is 6.31. The number of hydrogen-bond donors (Lipinski definition) is 2. The van der Waals surface area contributed by atoms with E-state index < -0.39 is 11.4 Å². The van der Waals surface area contributed by atoms with Gasteiger partial charge in [-0.05, 0) is 54.7 Å². The van der Waals surface area contributed by atoms with Gasteiger partial charge < -0.3 is 10.4 Å². The third-order valence-corrected chi connectivity index (χ3v) is 4.88. The topological polar surface area (TPSA) is 103 Å². The lowest BCUT2D eigenvalue weighted by Gasteiger charge is -2.21. The highest BCUT2D eigenvalue weighted by Crippen LogP contribution is 2.35. The van der Waals surface area contributed by atoms with Gasteiger partial charge in [0.05, 0.1) is 6.07 Å². The molecule has 6 nitrogen and oxygen atoms in total. The highest BCUT2D eigenvalue weighted by atomic mass is 35.5. The van der Waals surface area contributed by atoms with E-state index in [1.807, 2.05) is 26.8 Å². The Morgan fingerprint density at radius 2 is 1.83 bits per heavy atom. The van der Waals surface area contributed by atoms with Gasteiger partial charge in [0.25, 0.3) is 5.91 Å². The first-order valence-electron chi connectivity index (χ1n) is 9.54. The predicted octanol–water partition coefficient (Wildman–Crippen LogP) is 4.12. The fourth-order valence-corrected chi connectivity index (χ4v) is 3.16. The molecule has 1 aromatic heterocycles. The number of aromatic nitrogens is 1. The molecule has 2 aromatic rings. The summed E-state index contributed by atoms with van der Waals surface area (Å²) < 4.78 is 0. The minimum atomic E-state index is -1.03. The Bertz CT molecular complexity index is 1020. The van der Waals surface area contributed by atoms with Crippen LogP contribution in [0.2, 0.25) is 5.02 Å². The van der Waals surface area contributed by atoms with Gasteiger partial charge in [-0.25, -0.2) is 0 Å². The number of nitriles is 1. The van der Waals surface area contributed by atoms with Crippen LogP contribution >= 0.6 is 11.6 Å². The standard InChI is InChI=1S/C23H26ClN3O3/c1-22(2,3)17-12-18(24)15(11-20(17)29)10-16(28)8-14-6-7-26-19(9-14)21(30)27-23(4,5)13-25/h6-7,9,11-12,29H,8,10H2,1-5H3,(H,27,30). The summed E-state index contributed by atoms with van der Waals surface area (Å²) in [6, 6.07) is 8.42. The number of rotatable bonds is 6. The number of phenolic OH excluding ortho intramolecular Hbond substituents is 1. The van der Waals surface area contributed by atoms with Gasteiger partial charge >= 0.3 is 0 Å². The van der Waals surface area contributed by atoms with Crippen LogP contribution in [0.4, 0.5) is 0 Å². The lowest BCUT2D eigenvalue weighted by molar-refractivity contribution is -0.117. The van der Waals surface area contributed by atoms with E-state index in [2.05, 4.69) is 10.3 Å². The van der Waals surface area contributed by atoms with Crippen LogP contribution in [0.25, 0.3) is 0 Å². The van der Waals surface area contributed by atoms with Crippen LogP contribution in [0, 0.1) is 11.3 Å². The van der Waals surface area contributed by atoms with Crippen molar-refractivity contribution in [3.8, 4) is 11.8 Å². The Labute approximate surface area is 181 Å². The summed E-state index contributed by atoms with van der Waals surface area (Å²) in [6.45, 7) is 9.08. The predicted molar refractivity (Wildman–Crippen MR) is 116 cm³/mol. The Morgan fingerprint density at radius 3 is 2.43 bits per heavy atom. The number of amides is 1. The molecule has 2 rings (SSSR count). The number of hydrogen-bond acceptors (Lipinski definition) is 5. The number of carbonyl (C=O) groups is 2. The van der Waals surface area contributed by atoms with Crippen molar-refractivity contribution in [2.45, 2.75) is 58.4 Å². The molecule has 7 heteroatoms. The molecular weight excluding hydrogens is 402 g/mol. The highest BCUT2D eigenvalue weighted by Gasteiger charge is 2.22. The second-order valence-corrected chi connectivity index (χ2v) is 9.25. The number of nitrogens with zero attached hydrogens (tertiary/aromatic N) is 2. The van der Waals surface area contributed by atoms with Crippen LogP contribution < -0.4 is 5.32 Å². The maximum atomic E-state index is 12.6. The molecule has 0 aliphatic heterocycles. The number of pyridine rings is 1. The van der Waals surface area contributed by atoms with Crippen molar-refractivity contribution in [2.24, 2.45) is 0 Å². The summed E-state index contributed by atoms with van der Waals surface area (Å²) >= 11 is 6.34. The molecule has 0 fully saturated rings. The minimum absolute atomic E-state index is 0.0577. The number of benzene rings is 1. The van der Waals surface area contributed by atoms with E-state index in [0.717, 1.165) is 0 Å². The fourth-order valence-electron chi connectivity index (χ4n) is 2.93. The Morgan fingerprint density at radius 1 is 1.17 bits per heavy atom. The summed E-state index contributed by atoms with van der Waals surface area (Å²) in [4.78, 5) is 28.9. The number of ketones is 1. The second-order valence-electron chi connectivity index (χ2n) is 8.84. The summed E-state index contributed by atoms with van der Waals surface area (Å²) in [5.74, 6) is -0.492. The molecule has 0 aliphatic rings. The molecule has 0 spiro atoms. The Kier molecular flexibility index (Phi) is 6.89. The lowest BCUT2D eigenvalue weighted by atomic mass is 9.85. The van der Waals surface area contributed by atoms with E-state index in [-0.39, 0.29) is 35.5 Å². The first-order valence-corrected chi connectivity index (χ1v) is 9.92. The fraction of sp³-hybridized carbons (Fsp3) is 0.391. The van der Waals surface area contributed by atoms with Crippen molar-refractivity contribution in [2.75, 3.05) is 0 Å². The maximum absolute atomic E-state index is 12.6. The monoisotopic (exact) mass is 427 g/mol. The van der Waals surface area contributed by atoms with Gasteiger partial charge in [-0.1, -0.05) is 32.4 Å². The van der Waals surface area contributed by atoms with Gasteiger partial charge in [-0.15, -0.1) is 0 Å². The first kappa shape index (κ1) is 23.4. The summed E-state index contributed by atoms with van der Waals surface area (Å²) in [5.41, 5.74) is 0.728. The van der Waals surface area contributed by atoms with Gasteiger partial charge in [0.1, 0.15) is 22.8 Å². The average molecular weight is 428 g/mol. The van der Waals surface area contributed by atoms with Crippen LogP contribution in [0.3, 0.4) is 0 Å². The van der Waals surface area contributed by atoms with Crippen LogP contribution in [0.1, 0.15) is 61.8 Å².